The first-order chi connectivity index (χ1) is 11.1. The number of nitrogens with zero attached hydrogens (tertiary/aromatic N) is 1. The number of anilines is 2. The number of thioether (sulfide) groups is 1. The van der Waals surface area contributed by atoms with Crippen LogP contribution in [0.2, 0.25) is 0 Å². The summed E-state index contributed by atoms with van der Waals surface area (Å²) in [5.41, 5.74) is 2.64. The van der Waals surface area contributed by atoms with Gasteiger partial charge in [-0.15, -0.1) is 11.8 Å². The molecule has 0 spiro atoms. The predicted octanol–water partition coefficient (Wildman–Crippen LogP) is 3.33. The Morgan fingerprint density at radius 1 is 1.22 bits per heavy atom. The monoisotopic (exact) mass is 326 g/mol. The Hall–Kier alpha value is -2.27. The standard InChI is InChI=1S/C18H18N2O2S/c1-20-16-8-7-14(11-13(16)12-18(20)22)19-17(21)9-10-23-15-5-3-2-4-6-15/h2-8,11H,9-10,12H2,1H3,(H,19,21). The molecule has 0 bridgehead atoms. The highest BCUT2D eigenvalue weighted by Gasteiger charge is 2.23. The minimum absolute atomic E-state index is 0.00828. The van der Waals surface area contributed by atoms with Crippen molar-refractivity contribution in [3.05, 3.63) is 54.1 Å². The van der Waals surface area contributed by atoms with Gasteiger partial charge in [0.05, 0.1) is 6.42 Å². The highest BCUT2D eigenvalue weighted by atomic mass is 32.2. The Balaban J connectivity index is 1.53. The number of rotatable bonds is 5. The molecule has 2 amide bonds. The van der Waals surface area contributed by atoms with Gasteiger partial charge in [-0.2, -0.15) is 0 Å². The quantitative estimate of drug-likeness (QED) is 0.858. The number of hydrogen-bond acceptors (Lipinski definition) is 3. The van der Waals surface area contributed by atoms with Gasteiger partial charge in [0.2, 0.25) is 11.8 Å². The summed E-state index contributed by atoms with van der Waals surface area (Å²) < 4.78 is 0. The first-order valence-corrected chi connectivity index (χ1v) is 8.49. The van der Waals surface area contributed by atoms with Gasteiger partial charge in [-0.3, -0.25) is 9.59 Å². The Labute approximate surface area is 139 Å². The molecule has 3 rings (SSSR count). The average Bonchev–Trinajstić information content (AvgIpc) is 2.82. The van der Waals surface area contributed by atoms with E-state index in [1.165, 1.54) is 4.90 Å². The zero-order chi connectivity index (χ0) is 16.2. The number of amides is 2. The number of nitrogens with one attached hydrogen (secondary N) is 1. The average molecular weight is 326 g/mol. The summed E-state index contributed by atoms with van der Waals surface area (Å²) >= 11 is 1.67. The fraction of sp³-hybridized carbons (Fsp3) is 0.222. The van der Waals surface area contributed by atoms with Crippen molar-refractivity contribution in [1.29, 1.82) is 0 Å². The molecule has 1 heterocycles. The third-order valence-corrected chi connectivity index (χ3v) is 4.80. The predicted molar refractivity (Wildman–Crippen MR) is 94.0 cm³/mol. The number of benzene rings is 2. The molecule has 2 aromatic carbocycles. The summed E-state index contributed by atoms with van der Waals surface area (Å²) in [6.45, 7) is 0. The molecule has 1 aliphatic rings. The molecule has 1 aliphatic heterocycles. The SMILES string of the molecule is CN1C(=O)Cc2cc(NC(=O)CCSc3ccccc3)ccc21. The van der Waals surface area contributed by atoms with Crippen LogP contribution >= 0.6 is 11.8 Å². The molecule has 1 N–H and O–H groups in total. The molecule has 4 nitrogen and oxygen atoms in total. The molecular formula is C18H18N2O2S. The minimum Gasteiger partial charge on any atom is -0.326 e. The molecule has 0 unspecified atom stereocenters. The zero-order valence-electron chi connectivity index (χ0n) is 12.9. The van der Waals surface area contributed by atoms with Crippen molar-refractivity contribution < 1.29 is 9.59 Å². The van der Waals surface area contributed by atoms with Crippen LogP contribution in [0.3, 0.4) is 0 Å². The molecule has 0 fully saturated rings. The van der Waals surface area contributed by atoms with Gasteiger partial charge in [0.15, 0.2) is 0 Å². The first kappa shape index (κ1) is 15.6. The summed E-state index contributed by atoms with van der Waals surface area (Å²) in [4.78, 5) is 26.5. The second kappa shape index (κ2) is 6.87. The second-order valence-electron chi connectivity index (χ2n) is 5.43. The zero-order valence-corrected chi connectivity index (χ0v) is 13.7. The van der Waals surface area contributed by atoms with Crippen LogP contribution in [0.5, 0.6) is 0 Å². The van der Waals surface area contributed by atoms with E-state index in [1.54, 1.807) is 23.7 Å². The summed E-state index contributed by atoms with van der Waals surface area (Å²) in [6, 6.07) is 15.7. The number of hydrogen-bond donors (Lipinski definition) is 1. The summed E-state index contributed by atoms with van der Waals surface area (Å²) in [6.07, 6.45) is 0.856. The van der Waals surface area contributed by atoms with Crippen LogP contribution in [0.4, 0.5) is 11.4 Å². The van der Waals surface area contributed by atoms with Crippen molar-refractivity contribution in [3.8, 4) is 0 Å². The third-order valence-electron chi connectivity index (χ3n) is 3.78. The maximum absolute atomic E-state index is 12.0. The van der Waals surface area contributed by atoms with E-state index in [-0.39, 0.29) is 11.8 Å². The molecule has 0 saturated carbocycles. The van der Waals surface area contributed by atoms with Gasteiger partial charge < -0.3 is 10.2 Å². The van der Waals surface area contributed by atoms with Gasteiger partial charge in [0.1, 0.15) is 0 Å². The van der Waals surface area contributed by atoms with Crippen LogP contribution in [0.15, 0.2) is 53.4 Å². The minimum atomic E-state index is -0.00828. The molecular weight excluding hydrogens is 308 g/mol. The van der Waals surface area contributed by atoms with Crippen molar-refractivity contribution in [2.24, 2.45) is 0 Å². The van der Waals surface area contributed by atoms with Crippen molar-refractivity contribution in [2.45, 2.75) is 17.7 Å². The van der Waals surface area contributed by atoms with E-state index in [0.29, 0.717) is 12.8 Å². The normalized spacial score (nSPS) is 13.1. The van der Waals surface area contributed by atoms with Gasteiger partial charge >= 0.3 is 0 Å². The van der Waals surface area contributed by atoms with E-state index < -0.39 is 0 Å². The molecule has 118 valence electrons. The lowest BCUT2D eigenvalue weighted by molar-refractivity contribution is -0.117. The van der Waals surface area contributed by atoms with Crippen LogP contribution in [-0.4, -0.2) is 24.6 Å². The van der Waals surface area contributed by atoms with Crippen molar-refractivity contribution >= 4 is 35.0 Å². The maximum atomic E-state index is 12.0. The van der Waals surface area contributed by atoms with Crippen LogP contribution < -0.4 is 10.2 Å². The lowest BCUT2D eigenvalue weighted by atomic mass is 10.1. The summed E-state index contributed by atoms with van der Waals surface area (Å²) in [5, 5.41) is 2.91. The number of carbonyl (C=O) groups is 2. The van der Waals surface area contributed by atoms with E-state index in [0.717, 1.165) is 22.7 Å². The van der Waals surface area contributed by atoms with E-state index >= 15 is 0 Å². The first-order valence-electron chi connectivity index (χ1n) is 7.50. The smallest absolute Gasteiger partial charge is 0.231 e. The molecule has 0 radical (unpaired) electrons. The summed E-state index contributed by atoms with van der Waals surface area (Å²) in [5.74, 6) is 0.816. The van der Waals surface area contributed by atoms with Gasteiger partial charge in [0, 0.05) is 35.5 Å². The van der Waals surface area contributed by atoms with E-state index in [9.17, 15) is 9.59 Å². The van der Waals surface area contributed by atoms with Crippen LogP contribution in [0.25, 0.3) is 0 Å². The Morgan fingerprint density at radius 2 is 2.00 bits per heavy atom. The number of fused-ring (bicyclic) bond motifs is 1. The highest BCUT2D eigenvalue weighted by Crippen LogP contribution is 2.30. The van der Waals surface area contributed by atoms with E-state index in [1.807, 2.05) is 48.5 Å². The lowest BCUT2D eigenvalue weighted by Crippen LogP contribution is -2.20. The van der Waals surface area contributed by atoms with Gasteiger partial charge in [-0.25, -0.2) is 0 Å². The van der Waals surface area contributed by atoms with E-state index in [2.05, 4.69) is 5.32 Å². The molecule has 23 heavy (non-hydrogen) atoms. The van der Waals surface area contributed by atoms with Crippen LogP contribution in [-0.2, 0) is 16.0 Å². The molecule has 2 aromatic rings. The van der Waals surface area contributed by atoms with Crippen molar-refractivity contribution in [2.75, 3.05) is 23.0 Å². The number of likely N-dealkylation sites (N-methyl/N-ethyl adjacent to an activating group) is 1. The fourth-order valence-electron chi connectivity index (χ4n) is 2.55. The molecule has 0 saturated heterocycles. The van der Waals surface area contributed by atoms with Gasteiger partial charge in [-0.05, 0) is 35.9 Å². The molecule has 0 aromatic heterocycles. The Morgan fingerprint density at radius 3 is 2.78 bits per heavy atom. The van der Waals surface area contributed by atoms with Crippen LogP contribution in [0.1, 0.15) is 12.0 Å². The van der Waals surface area contributed by atoms with Gasteiger partial charge in [-0.1, -0.05) is 18.2 Å². The third kappa shape index (κ3) is 3.74. The lowest BCUT2D eigenvalue weighted by Gasteiger charge is -2.11. The van der Waals surface area contributed by atoms with E-state index in [4.69, 9.17) is 0 Å². The molecule has 0 aliphatic carbocycles. The summed E-state index contributed by atoms with van der Waals surface area (Å²) in [7, 11) is 1.77. The van der Waals surface area contributed by atoms with Crippen LogP contribution in [0, 0.1) is 0 Å². The Kier molecular flexibility index (Phi) is 4.67. The van der Waals surface area contributed by atoms with Crippen molar-refractivity contribution in [3.63, 3.8) is 0 Å². The number of carbonyl (C=O) groups excluding carboxylic acids is 2. The van der Waals surface area contributed by atoms with Crippen molar-refractivity contribution in [1.82, 2.24) is 0 Å². The second-order valence-corrected chi connectivity index (χ2v) is 6.60. The molecule has 5 heteroatoms. The largest absolute Gasteiger partial charge is 0.326 e. The topological polar surface area (TPSA) is 49.4 Å². The highest BCUT2D eigenvalue weighted by molar-refractivity contribution is 7.99. The fourth-order valence-corrected chi connectivity index (χ4v) is 3.42. The molecule has 0 atom stereocenters. The Bertz CT molecular complexity index is 731. The maximum Gasteiger partial charge on any atom is 0.231 e. The van der Waals surface area contributed by atoms with Gasteiger partial charge in [0.25, 0.3) is 0 Å².